The molecule has 0 amide bonds. The Morgan fingerprint density at radius 2 is 1.90 bits per heavy atom. The van der Waals surface area contributed by atoms with Crippen molar-refractivity contribution in [3.8, 4) is 11.5 Å². The molecule has 1 saturated heterocycles. The van der Waals surface area contributed by atoms with Crippen LogP contribution in [0.5, 0.6) is 11.5 Å². The van der Waals surface area contributed by atoms with Gasteiger partial charge in [0.25, 0.3) is 0 Å². The summed E-state index contributed by atoms with van der Waals surface area (Å²) < 4.78 is 11.3. The van der Waals surface area contributed by atoms with Crippen LogP contribution in [0, 0.1) is 0 Å². The molecule has 0 saturated carbocycles. The van der Waals surface area contributed by atoms with Crippen molar-refractivity contribution < 1.29 is 24.8 Å². The number of benzene rings is 1. The van der Waals surface area contributed by atoms with E-state index in [1.54, 1.807) is 19.3 Å². The molecule has 0 aliphatic carbocycles. The van der Waals surface area contributed by atoms with Crippen LogP contribution in [0.15, 0.2) is 43.5 Å². The monoisotopic (exact) mass is 434 g/mol. The van der Waals surface area contributed by atoms with E-state index in [0.717, 1.165) is 31.5 Å². The predicted octanol–water partition coefficient (Wildman–Crippen LogP) is 1.86. The van der Waals surface area contributed by atoms with Gasteiger partial charge in [0.15, 0.2) is 11.5 Å². The summed E-state index contributed by atoms with van der Waals surface area (Å²) in [6, 6.07) is 5.66. The SMILES string of the molecule is C=CCC(O)(CC=C)CNCc1ccc(OCC(O)CN2CCC(O)CC2)c(OC)c1. The number of hydrogen-bond donors (Lipinski definition) is 4. The Morgan fingerprint density at radius 1 is 1.23 bits per heavy atom. The van der Waals surface area contributed by atoms with Crippen molar-refractivity contribution >= 4 is 0 Å². The molecule has 1 atom stereocenters. The number of hydrogen-bond acceptors (Lipinski definition) is 7. The first-order valence-electron chi connectivity index (χ1n) is 10.9. The minimum atomic E-state index is -0.890. The first kappa shape index (κ1) is 25.4. The maximum Gasteiger partial charge on any atom is 0.161 e. The standard InChI is InChI=1S/C24H38N2O5/c1-4-10-24(29,11-5-2)18-25-15-19-6-7-22(23(14-19)30-3)31-17-21(28)16-26-12-8-20(27)9-13-26/h4-7,14,20-21,25,27-29H,1-2,8-13,15-18H2,3H3. The molecule has 1 heterocycles. The van der Waals surface area contributed by atoms with Crippen molar-refractivity contribution in [2.45, 2.75) is 50.0 Å². The lowest BCUT2D eigenvalue weighted by Crippen LogP contribution is -2.41. The number of piperidine rings is 1. The zero-order valence-corrected chi connectivity index (χ0v) is 18.6. The molecule has 174 valence electrons. The van der Waals surface area contributed by atoms with Gasteiger partial charge in [0.05, 0.1) is 18.8 Å². The van der Waals surface area contributed by atoms with Gasteiger partial charge < -0.3 is 35.0 Å². The van der Waals surface area contributed by atoms with Crippen molar-refractivity contribution in [2.75, 3.05) is 39.9 Å². The summed E-state index contributed by atoms with van der Waals surface area (Å²) in [5.41, 5.74) is 0.107. The molecule has 0 bridgehead atoms. The Balaban J connectivity index is 1.83. The van der Waals surface area contributed by atoms with Crippen molar-refractivity contribution in [1.82, 2.24) is 10.2 Å². The van der Waals surface area contributed by atoms with E-state index in [-0.39, 0.29) is 12.7 Å². The number of nitrogens with zero attached hydrogens (tertiary/aromatic N) is 1. The molecule has 1 fully saturated rings. The molecule has 0 spiro atoms. The number of rotatable bonds is 14. The second-order valence-corrected chi connectivity index (χ2v) is 8.30. The van der Waals surface area contributed by atoms with Crippen LogP contribution in [0.4, 0.5) is 0 Å². The average Bonchev–Trinajstić information content (AvgIpc) is 2.74. The lowest BCUT2D eigenvalue weighted by Gasteiger charge is -2.30. The highest BCUT2D eigenvalue weighted by molar-refractivity contribution is 5.43. The molecule has 0 aromatic heterocycles. The van der Waals surface area contributed by atoms with Gasteiger partial charge in [-0.2, -0.15) is 0 Å². The van der Waals surface area contributed by atoms with Crippen molar-refractivity contribution in [3.63, 3.8) is 0 Å². The molecule has 1 aliphatic heterocycles. The van der Waals surface area contributed by atoms with Gasteiger partial charge in [0.1, 0.15) is 12.7 Å². The van der Waals surface area contributed by atoms with Crippen LogP contribution < -0.4 is 14.8 Å². The summed E-state index contributed by atoms with van der Waals surface area (Å²) >= 11 is 0. The summed E-state index contributed by atoms with van der Waals surface area (Å²) in [7, 11) is 1.59. The lowest BCUT2D eigenvalue weighted by atomic mass is 9.95. The van der Waals surface area contributed by atoms with Gasteiger partial charge in [-0.3, -0.25) is 0 Å². The molecule has 2 rings (SSSR count). The number of aliphatic hydroxyl groups excluding tert-OH is 2. The van der Waals surface area contributed by atoms with Gasteiger partial charge in [-0.15, -0.1) is 13.2 Å². The highest BCUT2D eigenvalue weighted by atomic mass is 16.5. The minimum Gasteiger partial charge on any atom is -0.493 e. The van der Waals surface area contributed by atoms with Gasteiger partial charge >= 0.3 is 0 Å². The molecule has 1 aromatic carbocycles. The Morgan fingerprint density at radius 3 is 2.52 bits per heavy atom. The van der Waals surface area contributed by atoms with Crippen LogP contribution in [-0.4, -0.2) is 77.9 Å². The molecule has 4 N–H and O–H groups in total. The molecule has 1 aliphatic rings. The third kappa shape index (κ3) is 8.63. The van der Waals surface area contributed by atoms with Gasteiger partial charge in [-0.05, 0) is 43.4 Å². The summed E-state index contributed by atoms with van der Waals surface area (Å²) in [6.45, 7) is 10.7. The second-order valence-electron chi connectivity index (χ2n) is 8.30. The van der Waals surface area contributed by atoms with E-state index < -0.39 is 11.7 Å². The van der Waals surface area contributed by atoms with E-state index >= 15 is 0 Å². The van der Waals surface area contributed by atoms with E-state index in [4.69, 9.17) is 9.47 Å². The van der Waals surface area contributed by atoms with Gasteiger partial charge in [0, 0.05) is 32.7 Å². The Hall–Kier alpha value is -1.90. The Kier molecular flexibility index (Phi) is 10.5. The van der Waals surface area contributed by atoms with Gasteiger partial charge in [-0.25, -0.2) is 0 Å². The molecule has 0 radical (unpaired) electrons. The number of nitrogens with one attached hydrogen (secondary N) is 1. The number of β-amino-alcohol motifs (C(OH)–C–C–N with tert-alkyl or cyclic N) is 1. The van der Waals surface area contributed by atoms with Crippen molar-refractivity contribution in [2.24, 2.45) is 0 Å². The topological polar surface area (TPSA) is 94.4 Å². The molecular formula is C24H38N2O5. The lowest BCUT2D eigenvalue weighted by molar-refractivity contribution is 0.0333. The van der Waals surface area contributed by atoms with E-state index in [0.29, 0.717) is 44.0 Å². The van der Waals surface area contributed by atoms with E-state index in [9.17, 15) is 15.3 Å². The predicted molar refractivity (Wildman–Crippen MR) is 122 cm³/mol. The van der Waals surface area contributed by atoms with Crippen molar-refractivity contribution in [3.05, 3.63) is 49.1 Å². The zero-order valence-electron chi connectivity index (χ0n) is 18.6. The number of ether oxygens (including phenoxy) is 2. The maximum atomic E-state index is 10.6. The van der Waals surface area contributed by atoms with E-state index in [1.807, 2.05) is 18.2 Å². The minimum absolute atomic E-state index is 0.170. The van der Waals surface area contributed by atoms with Gasteiger partial charge in [-0.1, -0.05) is 18.2 Å². The van der Waals surface area contributed by atoms with Crippen LogP contribution in [0.3, 0.4) is 0 Å². The quantitative estimate of drug-likeness (QED) is 0.332. The smallest absolute Gasteiger partial charge is 0.161 e. The van der Waals surface area contributed by atoms with Crippen LogP contribution in [-0.2, 0) is 6.54 Å². The third-order valence-electron chi connectivity index (χ3n) is 5.52. The first-order valence-corrected chi connectivity index (χ1v) is 10.9. The fourth-order valence-electron chi connectivity index (χ4n) is 3.78. The van der Waals surface area contributed by atoms with E-state index in [1.165, 1.54) is 0 Å². The number of likely N-dealkylation sites (tertiary alicyclic amines) is 1. The largest absolute Gasteiger partial charge is 0.493 e. The van der Waals surface area contributed by atoms with Crippen LogP contribution >= 0.6 is 0 Å². The average molecular weight is 435 g/mol. The Labute approximate surface area is 186 Å². The van der Waals surface area contributed by atoms with Crippen LogP contribution in [0.1, 0.15) is 31.2 Å². The highest BCUT2D eigenvalue weighted by Crippen LogP contribution is 2.28. The zero-order chi connectivity index (χ0) is 22.7. The van der Waals surface area contributed by atoms with Crippen LogP contribution in [0.25, 0.3) is 0 Å². The number of methoxy groups -OCH3 is 1. The molecule has 31 heavy (non-hydrogen) atoms. The van der Waals surface area contributed by atoms with Crippen LogP contribution in [0.2, 0.25) is 0 Å². The molecular weight excluding hydrogens is 396 g/mol. The molecule has 7 nitrogen and oxygen atoms in total. The molecule has 1 unspecified atom stereocenters. The highest BCUT2D eigenvalue weighted by Gasteiger charge is 2.23. The number of aliphatic hydroxyl groups is 3. The molecule has 7 heteroatoms. The molecule has 1 aromatic rings. The second kappa shape index (κ2) is 12.8. The van der Waals surface area contributed by atoms with Crippen molar-refractivity contribution in [1.29, 1.82) is 0 Å². The summed E-state index contributed by atoms with van der Waals surface area (Å²) in [4.78, 5) is 2.15. The van der Waals surface area contributed by atoms with Gasteiger partial charge in [0.2, 0.25) is 0 Å². The fourth-order valence-corrected chi connectivity index (χ4v) is 3.78. The summed E-state index contributed by atoms with van der Waals surface area (Å²) in [6.07, 6.45) is 5.05. The van der Waals surface area contributed by atoms with E-state index in [2.05, 4.69) is 23.4 Å². The Bertz CT molecular complexity index is 679. The summed E-state index contributed by atoms with van der Waals surface area (Å²) in [5, 5.41) is 33.8. The maximum absolute atomic E-state index is 10.6. The first-order chi connectivity index (χ1) is 14.9. The normalized spacial score (nSPS) is 16.6. The third-order valence-corrected chi connectivity index (χ3v) is 5.52. The fraction of sp³-hybridized carbons (Fsp3) is 0.583. The summed E-state index contributed by atoms with van der Waals surface area (Å²) in [5.74, 6) is 1.18.